The van der Waals surface area contributed by atoms with Gasteiger partial charge < -0.3 is 10.2 Å². The maximum absolute atomic E-state index is 13.0. The third-order valence-electron chi connectivity index (χ3n) is 4.74. The Hall–Kier alpha value is -3.28. The Labute approximate surface area is 165 Å². The van der Waals surface area contributed by atoms with E-state index < -0.39 is 0 Å². The molecular formula is C22H25N5O. The summed E-state index contributed by atoms with van der Waals surface area (Å²) in [6, 6.07) is 13.3. The molecule has 1 N–H and O–H groups in total. The van der Waals surface area contributed by atoms with E-state index >= 15 is 0 Å². The van der Waals surface area contributed by atoms with Crippen LogP contribution >= 0.6 is 0 Å². The number of amides is 1. The van der Waals surface area contributed by atoms with Crippen molar-refractivity contribution in [2.75, 3.05) is 19.4 Å². The standard InChI is InChI=1S/C22H25N5O/c1-15-8-10-24-19(12-15)13-16(2)27(4)22(28)18-7-5-6-17(14-18)21-25-11-9-20(23-3)26-21/h5-12,14,16H,13H2,1-4H3,(H,23,25,26)/t16-/m0/s1. The average Bonchev–Trinajstić information content (AvgIpc) is 2.72. The third kappa shape index (κ3) is 4.52. The number of carbonyl (C=O) groups excluding carboxylic acids is 1. The Bertz CT molecular complexity index is 972. The summed E-state index contributed by atoms with van der Waals surface area (Å²) in [4.78, 5) is 27.9. The van der Waals surface area contributed by atoms with E-state index in [0.717, 1.165) is 17.1 Å². The summed E-state index contributed by atoms with van der Waals surface area (Å²) in [6.45, 7) is 4.08. The number of carbonyl (C=O) groups is 1. The van der Waals surface area contributed by atoms with Crippen LogP contribution < -0.4 is 5.32 Å². The average molecular weight is 375 g/mol. The van der Waals surface area contributed by atoms with Gasteiger partial charge in [0.25, 0.3) is 5.91 Å². The largest absolute Gasteiger partial charge is 0.373 e. The fourth-order valence-electron chi connectivity index (χ4n) is 2.98. The fraction of sp³-hybridized carbons (Fsp3) is 0.273. The number of anilines is 1. The molecule has 0 fully saturated rings. The molecule has 6 nitrogen and oxygen atoms in total. The van der Waals surface area contributed by atoms with Gasteiger partial charge in [-0.15, -0.1) is 0 Å². The van der Waals surface area contributed by atoms with Gasteiger partial charge >= 0.3 is 0 Å². The zero-order valence-electron chi connectivity index (χ0n) is 16.7. The molecule has 1 atom stereocenters. The van der Waals surface area contributed by atoms with Crippen LogP contribution in [0.25, 0.3) is 11.4 Å². The molecule has 28 heavy (non-hydrogen) atoms. The number of rotatable bonds is 6. The van der Waals surface area contributed by atoms with E-state index in [1.807, 2.05) is 64.5 Å². The third-order valence-corrected chi connectivity index (χ3v) is 4.74. The van der Waals surface area contributed by atoms with Crippen molar-refractivity contribution in [1.29, 1.82) is 0 Å². The lowest BCUT2D eigenvalue weighted by Gasteiger charge is -2.25. The number of likely N-dealkylation sites (N-methyl/N-ethyl adjacent to an activating group) is 1. The molecule has 1 aromatic carbocycles. The Morgan fingerprint density at radius 3 is 2.68 bits per heavy atom. The van der Waals surface area contributed by atoms with Crippen LogP contribution in [0.3, 0.4) is 0 Å². The molecule has 6 heteroatoms. The highest BCUT2D eigenvalue weighted by Gasteiger charge is 2.19. The topological polar surface area (TPSA) is 71.0 Å². The maximum Gasteiger partial charge on any atom is 0.253 e. The quantitative estimate of drug-likeness (QED) is 0.713. The van der Waals surface area contributed by atoms with Crippen LogP contribution in [-0.2, 0) is 6.42 Å². The Kier molecular flexibility index (Phi) is 5.99. The number of nitrogens with zero attached hydrogens (tertiary/aromatic N) is 4. The smallest absolute Gasteiger partial charge is 0.253 e. The molecule has 0 radical (unpaired) electrons. The van der Waals surface area contributed by atoms with Gasteiger partial charge in [0, 0.05) is 55.8 Å². The first-order chi connectivity index (χ1) is 13.5. The van der Waals surface area contributed by atoms with Crippen LogP contribution in [0.1, 0.15) is 28.5 Å². The van der Waals surface area contributed by atoms with E-state index in [4.69, 9.17) is 0 Å². The van der Waals surface area contributed by atoms with Crippen LogP contribution in [0.15, 0.2) is 54.9 Å². The number of benzene rings is 1. The van der Waals surface area contributed by atoms with Gasteiger partial charge in [-0.25, -0.2) is 9.97 Å². The molecule has 0 saturated carbocycles. The summed E-state index contributed by atoms with van der Waals surface area (Å²) >= 11 is 0. The lowest BCUT2D eigenvalue weighted by molar-refractivity contribution is 0.0743. The molecule has 0 aliphatic rings. The molecule has 144 valence electrons. The van der Waals surface area contributed by atoms with Gasteiger partial charge in [0.2, 0.25) is 0 Å². The van der Waals surface area contributed by atoms with Crippen LogP contribution in [0.2, 0.25) is 0 Å². The molecule has 0 spiro atoms. The van der Waals surface area contributed by atoms with Crippen molar-refractivity contribution < 1.29 is 4.79 Å². The second-order valence-electron chi connectivity index (χ2n) is 6.89. The van der Waals surface area contributed by atoms with Crippen LogP contribution in [0, 0.1) is 6.92 Å². The van der Waals surface area contributed by atoms with Crippen molar-refractivity contribution in [3.8, 4) is 11.4 Å². The SMILES string of the molecule is CNc1ccnc(-c2cccc(C(=O)N(C)[C@@H](C)Cc3cc(C)ccn3)c2)n1. The van der Waals surface area contributed by atoms with E-state index in [1.165, 1.54) is 5.56 Å². The van der Waals surface area contributed by atoms with Crippen LogP contribution in [0.5, 0.6) is 0 Å². The molecule has 0 saturated heterocycles. The van der Waals surface area contributed by atoms with Crippen molar-refractivity contribution in [2.45, 2.75) is 26.3 Å². The predicted molar refractivity (Wildman–Crippen MR) is 111 cm³/mol. The number of hydrogen-bond acceptors (Lipinski definition) is 5. The molecule has 0 aliphatic carbocycles. The van der Waals surface area contributed by atoms with E-state index in [2.05, 4.69) is 26.3 Å². The summed E-state index contributed by atoms with van der Waals surface area (Å²) in [6.07, 6.45) is 4.21. The van der Waals surface area contributed by atoms with Gasteiger partial charge in [-0.1, -0.05) is 12.1 Å². The van der Waals surface area contributed by atoms with Gasteiger partial charge in [-0.3, -0.25) is 9.78 Å². The van der Waals surface area contributed by atoms with E-state index in [1.54, 1.807) is 17.2 Å². The summed E-state index contributed by atoms with van der Waals surface area (Å²) < 4.78 is 0. The number of pyridine rings is 1. The van der Waals surface area contributed by atoms with Crippen molar-refractivity contribution in [2.24, 2.45) is 0 Å². The number of hydrogen-bond donors (Lipinski definition) is 1. The number of aromatic nitrogens is 3. The molecule has 3 aromatic rings. The highest BCUT2D eigenvalue weighted by atomic mass is 16.2. The van der Waals surface area contributed by atoms with E-state index in [9.17, 15) is 4.79 Å². The normalized spacial score (nSPS) is 11.7. The molecule has 1 amide bonds. The molecule has 3 rings (SSSR count). The minimum atomic E-state index is -0.0354. The summed E-state index contributed by atoms with van der Waals surface area (Å²) in [5, 5.41) is 3.00. The second kappa shape index (κ2) is 8.61. The first kappa shape index (κ1) is 19.5. The molecule has 2 aromatic heterocycles. The number of nitrogens with one attached hydrogen (secondary N) is 1. The van der Waals surface area contributed by atoms with Crippen molar-refractivity contribution in [3.05, 3.63) is 71.7 Å². The molecule has 0 bridgehead atoms. The van der Waals surface area contributed by atoms with E-state index in [0.29, 0.717) is 17.8 Å². The number of aryl methyl sites for hydroxylation is 1. The van der Waals surface area contributed by atoms with Gasteiger partial charge in [-0.2, -0.15) is 0 Å². The predicted octanol–water partition coefficient (Wildman–Crippen LogP) is 3.59. The van der Waals surface area contributed by atoms with Gasteiger partial charge in [-0.05, 0) is 49.7 Å². The zero-order chi connectivity index (χ0) is 20.1. The molecule has 0 aliphatic heterocycles. The first-order valence-electron chi connectivity index (χ1n) is 9.28. The van der Waals surface area contributed by atoms with Crippen LogP contribution in [0.4, 0.5) is 5.82 Å². The minimum Gasteiger partial charge on any atom is -0.373 e. The molecule has 0 unspecified atom stereocenters. The first-order valence-corrected chi connectivity index (χ1v) is 9.28. The lowest BCUT2D eigenvalue weighted by Crippen LogP contribution is -2.36. The zero-order valence-corrected chi connectivity index (χ0v) is 16.7. The lowest BCUT2D eigenvalue weighted by atomic mass is 10.1. The Morgan fingerprint density at radius 1 is 1.14 bits per heavy atom. The minimum absolute atomic E-state index is 0.0225. The highest BCUT2D eigenvalue weighted by Crippen LogP contribution is 2.19. The van der Waals surface area contributed by atoms with Gasteiger partial charge in [0.15, 0.2) is 5.82 Å². The Morgan fingerprint density at radius 2 is 1.93 bits per heavy atom. The van der Waals surface area contributed by atoms with Crippen molar-refractivity contribution >= 4 is 11.7 Å². The maximum atomic E-state index is 13.0. The fourth-order valence-corrected chi connectivity index (χ4v) is 2.98. The van der Waals surface area contributed by atoms with E-state index in [-0.39, 0.29) is 11.9 Å². The monoisotopic (exact) mass is 375 g/mol. The molecular weight excluding hydrogens is 350 g/mol. The van der Waals surface area contributed by atoms with Crippen LogP contribution in [-0.4, -0.2) is 45.9 Å². The highest BCUT2D eigenvalue weighted by molar-refractivity contribution is 5.95. The van der Waals surface area contributed by atoms with Gasteiger partial charge in [0.05, 0.1) is 0 Å². The molecule has 2 heterocycles. The Balaban J connectivity index is 1.77. The summed E-state index contributed by atoms with van der Waals surface area (Å²) in [5.74, 6) is 1.28. The second-order valence-corrected chi connectivity index (χ2v) is 6.89. The van der Waals surface area contributed by atoms with Crippen molar-refractivity contribution in [1.82, 2.24) is 19.9 Å². The van der Waals surface area contributed by atoms with Gasteiger partial charge in [0.1, 0.15) is 5.82 Å². The summed E-state index contributed by atoms with van der Waals surface area (Å²) in [5.41, 5.74) is 3.58. The van der Waals surface area contributed by atoms with Crippen molar-refractivity contribution in [3.63, 3.8) is 0 Å². The summed E-state index contributed by atoms with van der Waals surface area (Å²) in [7, 11) is 3.64.